The van der Waals surface area contributed by atoms with E-state index in [1.807, 2.05) is 31.2 Å². The van der Waals surface area contributed by atoms with Crippen molar-refractivity contribution in [2.24, 2.45) is 5.92 Å². The molecular weight excluding hydrogens is 436 g/mol. The molecule has 6 nitrogen and oxygen atoms in total. The Morgan fingerprint density at radius 1 is 0.939 bits per heavy atom. The van der Waals surface area contributed by atoms with Crippen molar-refractivity contribution in [3.63, 3.8) is 0 Å². The molecule has 4 rings (SSSR count). The quantitative estimate of drug-likeness (QED) is 0.551. The lowest BCUT2D eigenvalue weighted by Crippen LogP contribution is -2.43. The molecule has 3 aromatic carbocycles. The second kappa shape index (κ2) is 9.45. The number of piperidine rings is 1. The summed E-state index contributed by atoms with van der Waals surface area (Å²) in [5.41, 5.74) is 1.54. The number of hydrogen-bond donors (Lipinski definition) is 1. The van der Waals surface area contributed by atoms with Crippen molar-refractivity contribution in [3.05, 3.63) is 77.9 Å². The first kappa shape index (κ1) is 23.1. The fourth-order valence-electron chi connectivity index (χ4n) is 4.41. The molecule has 1 aliphatic rings. The molecule has 1 amide bonds. The minimum absolute atomic E-state index is 0.0432. The van der Waals surface area contributed by atoms with Crippen LogP contribution in [-0.4, -0.2) is 37.5 Å². The highest BCUT2D eigenvalue weighted by Crippen LogP contribution is 2.27. The van der Waals surface area contributed by atoms with E-state index in [9.17, 15) is 18.0 Å². The zero-order valence-electron chi connectivity index (χ0n) is 18.8. The number of nitrogens with one attached hydrogen (secondary N) is 1. The molecule has 172 valence electrons. The Morgan fingerprint density at radius 3 is 2.24 bits per heavy atom. The van der Waals surface area contributed by atoms with Gasteiger partial charge in [0.15, 0.2) is 5.78 Å². The molecule has 33 heavy (non-hydrogen) atoms. The number of amides is 1. The maximum Gasteiger partial charge on any atom is 0.243 e. The maximum absolute atomic E-state index is 13.0. The van der Waals surface area contributed by atoms with Crippen LogP contribution in [0.5, 0.6) is 0 Å². The highest BCUT2D eigenvalue weighted by molar-refractivity contribution is 7.89. The second-order valence-corrected chi connectivity index (χ2v) is 10.5. The molecule has 1 atom stereocenters. The van der Waals surface area contributed by atoms with Gasteiger partial charge in [0, 0.05) is 24.6 Å². The van der Waals surface area contributed by atoms with Crippen LogP contribution in [0.2, 0.25) is 0 Å². The average Bonchev–Trinajstić information content (AvgIpc) is 2.83. The van der Waals surface area contributed by atoms with Gasteiger partial charge in [-0.25, -0.2) is 8.42 Å². The average molecular weight is 465 g/mol. The standard InChI is InChI=1S/C26H28N2O4S/c1-18(24-9-5-7-21-6-3-4-8-25(21)24)27-26(30)22-14-16-28(17-15-22)33(31,32)23-12-10-20(11-13-23)19(2)29/h3-13,18,22H,14-17H2,1-2H3,(H,27,30)/t18-/m0/s1. The van der Waals surface area contributed by atoms with Gasteiger partial charge in [0.1, 0.15) is 0 Å². The fourth-order valence-corrected chi connectivity index (χ4v) is 5.88. The van der Waals surface area contributed by atoms with E-state index in [-0.39, 0.29) is 41.6 Å². The van der Waals surface area contributed by atoms with Gasteiger partial charge in [0.25, 0.3) is 0 Å². The van der Waals surface area contributed by atoms with Crippen LogP contribution in [0.15, 0.2) is 71.6 Å². The Kier molecular flexibility index (Phi) is 6.63. The van der Waals surface area contributed by atoms with Crippen LogP contribution < -0.4 is 5.32 Å². The summed E-state index contributed by atoms with van der Waals surface area (Å²) in [6.07, 6.45) is 0.942. The molecule has 1 heterocycles. The predicted octanol–water partition coefficient (Wildman–Crippen LogP) is 4.32. The van der Waals surface area contributed by atoms with Gasteiger partial charge in [-0.1, -0.05) is 54.6 Å². The Labute approximate surface area is 194 Å². The Hall–Kier alpha value is -3.03. The Balaban J connectivity index is 1.39. The predicted molar refractivity (Wildman–Crippen MR) is 128 cm³/mol. The van der Waals surface area contributed by atoms with Crippen LogP contribution in [0.25, 0.3) is 10.8 Å². The van der Waals surface area contributed by atoms with Gasteiger partial charge in [-0.3, -0.25) is 9.59 Å². The molecule has 0 spiro atoms. The lowest BCUT2D eigenvalue weighted by atomic mass is 9.95. The van der Waals surface area contributed by atoms with Gasteiger partial charge >= 0.3 is 0 Å². The van der Waals surface area contributed by atoms with E-state index in [2.05, 4.69) is 23.5 Å². The molecule has 0 aromatic heterocycles. The van der Waals surface area contributed by atoms with Crippen LogP contribution >= 0.6 is 0 Å². The zero-order valence-corrected chi connectivity index (χ0v) is 19.6. The third-order valence-corrected chi connectivity index (χ3v) is 8.28. The fraction of sp³-hybridized carbons (Fsp3) is 0.308. The van der Waals surface area contributed by atoms with Crippen LogP contribution in [0.4, 0.5) is 0 Å². The van der Waals surface area contributed by atoms with E-state index in [4.69, 9.17) is 0 Å². The smallest absolute Gasteiger partial charge is 0.243 e. The molecular formula is C26H28N2O4S. The number of carbonyl (C=O) groups is 2. The number of sulfonamides is 1. The molecule has 0 radical (unpaired) electrons. The number of nitrogens with zero attached hydrogens (tertiary/aromatic N) is 1. The van der Waals surface area contributed by atoms with Gasteiger partial charge in [0.05, 0.1) is 10.9 Å². The van der Waals surface area contributed by atoms with Gasteiger partial charge in [-0.2, -0.15) is 4.31 Å². The molecule has 3 aromatic rings. The van der Waals surface area contributed by atoms with Crippen molar-refractivity contribution < 1.29 is 18.0 Å². The Morgan fingerprint density at radius 2 is 1.58 bits per heavy atom. The Bertz CT molecular complexity index is 1270. The van der Waals surface area contributed by atoms with Crippen LogP contribution in [0.1, 0.15) is 48.7 Å². The van der Waals surface area contributed by atoms with Crippen molar-refractivity contribution in [2.45, 2.75) is 37.6 Å². The van der Waals surface area contributed by atoms with E-state index in [0.29, 0.717) is 18.4 Å². The molecule has 0 saturated carbocycles. The molecule has 0 unspecified atom stereocenters. The molecule has 1 fully saturated rings. The summed E-state index contributed by atoms with van der Waals surface area (Å²) >= 11 is 0. The molecule has 1 aliphatic heterocycles. The SMILES string of the molecule is CC(=O)c1ccc(S(=O)(=O)N2CCC(C(=O)N[C@@H](C)c3cccc4ccccc34)CC2)cc1. The molecule has 1 N–H and O–H groups in total. The molecule has 1 saturated heterocycles. The number of fused-ring (bicyclic) bond motifs is 1. The number of hydrogen-bond acceptors (Lipinski definition) is 4. The van der Waals surface area contributed by atoms with Crippen molar-refractivity contribution in [1.29, 1.82) is 0 Å². The third kappa shape index (κ3) is 4.84. The summed E-state index contributed by atoms with van der Waals surface area (Å²) in [6, 6.07) is 20.0. The topological polar surface area (TPSA) is 83.6 Å². The van der Waals surface area contributed by atoms with Gasteiger partial charge in [0.2, 0.25) is 15.9 Å². The summed E-state index contributed by atoms with van der Waals surface area (Å²) < 4.78 is 27.4. The lowest BCUT2D eigenvalue weighted by Gasteiger charge is -2.31. The molecule has 0 aliphatic carbocycles. The minimum Gasteiger partial charge on any atom is -0.349 e. The zero-order chi connectivity index (χ0) is 23.6. The van der Waals surface area contributed by atoms with E-state index in [1.54, 1.807) is 0 Å². The van der Waals surface area contributed by atoms with Gasteiger partial charge in [-0.15, -0.1) is 0 Å². The summed E-state index contributed by atoms with van der Waals surface area (Å²) in [5, 5.41) is 5.37. The van der Waals surface area contributed by atoms with Crippen molar-refractivity contribution in [3.8, 4) is 0 Å². The van der Waals surface area contributed by atoms with Gasteiger partial charge < -0.3 is 5.32 Å². The van der Waals surface area contributed by atoms with E-state index >= 15 is 0 Å². The lowest BCUT2D eigenvalue weighted by molar-refractivity contribution is -0.126. The highest BCUT2D eigenvalue weighted by atomic mass is 32.2. The van der Waals surface area contributed by atoms with Crippen molar-refractivity contribution in [1.82, 2.24) is 9.62 Å². The van der Waals surface area contributed by atoms with E-state index in [1.165, 1.54) is 35.5 Å². The highest BCUT2D eigenvalue weighted by Gasteiger charge is 2.32. The van der Waals surface area contributed by atoms with E-state index < -0.39 is 10.0 Å². The largest absolute Gasteiger partial charge is 0.349 e. The van der Waals surface area contributed by atoms with Crippen LogP contribution in [0, 0.1) is 5.92 Å². The number of ketones is 1. The maximum atomic E-state index is 13.0. The minimum atomic E-state index is -3.65. The molecule has 7 heteroatoms. The third-order valence-electron chi connectivity index (χ3n) is 6.37. The first-order valence-corrected chi connectivity index (χ1v) is 12.6. The number of Topliss-reactive ketones (excluding diaryl/α,β-unsaturated/α-hetero) is 1. The van der Waals surface area contributed by atoms with Gasteiger partial charge in [-0.05, 0) is 55.2 Å². The normalized spacial score (nSPS) is 16.4. The second-order valence-electron chi connectivity index (χ2n) is 8.56. The molecule has 0 bridgehead atoms. The van der Waals surface area contributed by atoms with E-state index in [0.717, 1.165) is 16.3 Å². The van der Waals surface area contributed by atoms with Crippen LogP contribution in [-0.2, 0) is 14.8 Å². The summed E-state index contributed by atoms with van der Waals surface area (Å²) in [5.74, 6) is -0.379. The summed E-state index contributed by atoms with van der Waals surface area (Å²) in [7, 11) is -3.65. The van der Waals surface area contributed by atoms with Crippen molar-refractivity contribution in [2.75, 3.05) is 13.1 Å². The number of carbonyl (C=O) groups excluding carboxylic acids is 2. The first-order valence-electron chi connectivity index (χ1n) is 11.2. The summed E-state index contributed by atoms with van der Waals surface area (Å²) in [6.45, 7) is 4.00. The van der Waals surface area contributed by atoms with Crippen LogP contribution in [0.3, 0.4) is 0 Å². The first-order chi connectivity index (χ1) is 15.8. The summed E-state index contributed by atoms with van der Waals surface area (Å²) in [4.78, 5) is 24.5. The number of rotatable bonds is 6. The number of benzene rings is 3. The van der Waals surface area contributed by atoms with Crippen molar-refractivity contribution >= 4 is 32.5 Å². The monoisotopic (exact) mass is 464 g/mol.